The van der Waals surface area contributed by atoms with Crippen molar-refractivity contribution in [3.8, 4) is 0 Å². The van der Waals surface area contributed by atoms with Gasteiger partial charge in [-0.2, -0.15) is 0 Å². The van der Waals surface area contributed by atoms with E-state index in [0.29, 0.717) is 0 Å². The second-order valence-corrected chi connectivity index (χ2v) is 4.45. The highest BCUT2D eigenvalue weighted by atomic mass is 32.1. The van der Waals surface area contributed by atoms with Gasteiger partial charge < -0.3 is 9.47 Å². The Morgan fingerprint density at radius 3 is 2.61 bits per heavy atom. The minimum atomic E-state index is -2.13. The van der Waals surface area contributed by atoms with Crippen molar-refractivity contribution in [3.63, 3.8) is 0 Å². The van der Waals surface area contributed by atoms with Crippen molar-refractivity contribution < 1.29 is 22.6 Å². The third kappa shape index (κ3) is 1.66. The van der Waals surface area contributed by atoms with Gasteiger partial charge in [-0.1, -0.05) is 0 Å². The summed E-state index contributed by atoms with van der Waals surface area (Å²) < 4.78 is 52.0. The second-order valence-electron chi connectivity index (χ2n) is 3.96. The predicted octanol–water partition coefficient (Wildman–Crippen LogP) is 3.31. The molecule has 0 fully saturated rings. The van der Waals surface area contributed by atoms with E-state index in [2.05, 4.69) is 12.6 Å². The van der Waals surface area contributed by atoms with E-state index in [0.717, 1.165) is 6.07 Å². The van der Waals surface area contributed by atoms with Crippen molar-refractivity contribution in [3.05, 3.63) is 29.1 Å². The Bertz CT molecular complexity index is 469. The monoisotopic (exact) mass is 278 g/mol. The molecule has 0 heterocycles. The van der Waals surface area contributed by atoms with Crippen LogP contribution in [0, 0.1) is 5.82 Å². The van der Waals surface area contributed by atoms with Crippen LogP contribution in [-0.2, 0) is 15.3 Å². The normalized spacial score (nSPS) is 30.6. The van der Waals surface area contributed by atoms with Gasteiger partial charge >= 0.3 is 0 Å². The fourth-order valence-corrected chi connectivity index (χ4v) is 2.69. The van der Waals surface area contributed by atoms with E-state index in [1.807, 2.05) is 0 Å². The van der Waals surface area contributed by atoms with Gasteiger partial charge in [0.2, 0.25) is 5.79 Å². The smallest absolute Gasteiger partial charge is 0.231 e. The molecule has 0 saturated carbocycles. The third-order valence-corrected chi connectivity index (χ3v) is 3.45. The van der Waals surface area contributed by atoms with Gasteiger partial charge in [0.15, 0.2) is 12.3 Å². The zero-order chi connectivity index (χ0) is 13.5. The Hall–Kier alpha value is -0.720. The molecule has 3 unspecified atom stereocenters. The standard InChI is InChI=1S/C12H13F3O2S/c1-3-17-12(16-2)9-7(18)5-4-6(13)8(9)10(14)11(12)15/h4-5,10-11,18H,3H2,1-2H3. The number of benzene rings is 1. The molecule has 1 aliphatic carbocycles. The molecule has 1 aromatic rings. The Balaban J connectivity index is 2.71. The summed E-state index contributed by atoms with van der Waals surface area (Å²) in [6.07, 6.45) is -4.25. The summed E-state index contributed by atoms with van der Waals surface area (Å²) in [6.45, 7) is 1.72. The van der Waals surface area contributed by atoms with Gasteiger partial charge in [0.1, 0.15) is 5.82 Å². The lowest BCUT2D eigenvalue weighted by Crippen LogP contribution is -2.39. The van der Waals surface area contributed by atoms with Crippen molar-refractivity contribution in [2.45, 2.75) is 29.9 Å². The topological polar surface area (TPSA) is 18.5 Å². The average molecular weight is 278 g/mol. The molecule has 100 valence electrons. The molecular weight excluding hydrogens is 265 g/mol. The first-order valence-corrected chi connectivity index (χ1v) is 5.93. The maximum Gasteiger partial charge on any atom is 0.231 e. The molecule has 0 radical (unpaired) electrons. The lowest BCUT2D eigenvalue weighted by molar-refractivity contribution is -0.266. The van der Waals surface area contributed by atoms with Crippen LogP contribution in [0.25, 0.3) is 0 Å². The quantitative estimate of drug-likeness (QED) is 0.675. The van der Waals surface area contributed by atoms with Crippen LogP contribution < -0.4 is 0 Å². The number of methoxy groups -OCH3 is 1. The zero-order valence-corrected chi connectivity index (χ0v) is 10.8. The zero-order valence-electron chi connectivity index (χ0n) is 9.91. The molecule has 6 heteroatoms. The minimum absolute atomic E-state index is 0.00446. The molecule has 0 saturated heterocycles. The van der Waals surface area contributed by atoms with E-state index in [-0.39, 0.29) is 22.6 Å². The molecule has 0 aliphatic heterocycles. The summed E-state index contributed by atoms with van der Waals surface area (Å²) in [5.41, 5.74) is -0.375. The van der Waals surface area contributed by atoms with Crippen LogP contribution in [-0.4, -0.2) is 19.9 Å². The highest BCUT2D eigenvalue weighted by Gasteiger charge is 2.57. The predicted molar refractivity (Wildman–Crippen MR) is 62.7 cm³/mol. The number of hydrogen-bond donors (Lipinski definition) is 1. The van der Waals surface area contributed by atoms with Crippen LogP contribution in [0.2, 0.25) is 0 Å². The summed E-state index contributed by atoms with van der Waals surface area (Å²) in [7, 11) is 1.20. The maximum absolute atomic E-state index is 14.2. The molecule has 2 nitrogen and oxygen atoms in total. The molecule has 18 heavy (non-hydrogen) atoms. The number of thiol groups is 1. The van der Waals surface area contributed by atoms with Gasteiger partial charge in [0, 0.05) is 29.7 Å². The summed E-state index contributed by atoms with van der Waals surface area (Å²) in [5.74, 6) is -2.75. The van der Waals surface area contributed by atoms with Gasteiger partial charge in [-0.25, -0.2) is 13.2 Å². The van der Waals surface area contributed by atoms with Crippen molar-refractivity contribution in [1.82, 2.24) is 0 Å². The fraction of sp³-hybridized carbons (Fsp3) is 0.500. The highest BCUT2D eigenvalue weighted by Crippen LogP contribution is 2.52. The van der Waals surface area contributed by atoms with Crippen LogP contribution >= 0.6 is 12.6 Å². The summed E-state index contributed by atoms with van der Waals surface area (Å²) >= 11 is 4.12. The number of fused-ring (bicyclic) bond motifs is 1. The SMILES string of the molecule is CCOC1(OC)c2c(S)ccc(F)c2C(F)C1F. The molecule has 0 bridgehead atoms. The molecule has 1 aliphatic rings. The van der Waals surface area contributed by atoms with Crippen LogP contribution in [0.5, 0.6) is 0 Å². The fourth-order valence-electron chi connectivity index (χ4n) is 2.34. The van der Waals surface area contributed by atoms with Crippen molar-refractivity contribution in [1.29, 1.82) is 0 Å². The number of ether oxygens (including phenoxy) is 2. The van der Waals surface area contributed by atoms with Crippen molar-refractivity contribution in [2.75, 3.05) is 13.7 Å². The van der Waals surface area contributed by atoms with Crippen LogP contribution in [0.3, 0.4) is 0 Å². The van der Waals surface area contributed by atoms with Crippen LogP contribution in [0.4, 0.5) is 13.2 Å². The minimum Gasteiger partial charge on any atom is -0.347 e. The molecule has 3 atom stereocenters. The number of rotatable bonds is 3. The average Bonchev–Trinajstić information content (AvgIpc) is 2.58. The highest BCUT2D eigenvalue weighted by molar-refractivity contribution is 7.80. The largest absolute Gasteiger partial charge is 0.347 e. The van der Waals surface area contributed by atoms with Crippen LogP contribution in [0.15, 0.2) is 17.0 Å². The first-order chi connectivity index (χ1) is 8.49. The molecule has 0 N–H and O–H groups in total. The van der Waals surface area contributed by atoms with Gasteiger partial charge in [0.05, 0.1) is 0 Å². The first-order valence-electron chi connectivity index (χ1n) is 5.48. The lowest BCUT2D eigenvalue weighted by Gasteiger charge is -2.31. The second kappa shape index (κ2) is 4.75. The summed E-state index contributed by atoms with van der Waals surface area (Å²) in [4.78, 5) is 0.240. The molecule has 0 aromatic heterocycles. The van der Waals surface area contributed by atoms with Gasteiger partial charge in [0.25, 0.3) is 0 Å². The summed E-state index contributed by atoms with van der Waals surface area (Å²) in [6, 6.07) is 2.38. The van der Waals surface area contributed by atoms with E-state index in [1.54, 1.807) is 6.92 Å². The first kappa shape index (κ1) is 13.7. The molecule has 2 rings (SSSR count). The molecular formula is C12H13F3O2S. The van der Waals surface area contributed by atoms with E-state index in [9.17, 15) is 13.2 Å². The van der Waals surface area contributed by atoms with E-state index < -0.39 is 23.9 Å². The van der Waals surface area contributed by atoms with Crippen LogP contribution in [0.1, 0.15) is 24.2 Å². The van der Waals surface area contributed by atoms with E-state index >= 15 is 0 Å². The van der Waals surface area contributed by atoms with Gasteiger partial charge in [-0.15, -0.1) is 12.6 Å². The molecule has 0 amide bonds. The summed E-state index contributed by atoms with van der Waals surface area (Å²) in [5, 5.41) is 0. The Morgan fingerprint density at radius 2 is 2.06 bits per heavy atom. The van der Waals surface area contributed by atoms with Gasteiger partial charge in [-0.05, 0) is 19.1 Å². The number of halogens is 3. The van der Waals surface area contributed by atoms with Crippen molar-refractivity contribution in [2.24, 2.45) is 0 Å². The number of hydrogen-bond acceptors (Lipinski definition) is 3. The van der Waals surface area contributed by atoms with Crippen molar-refractivity contribution >= 4 is 12.6 Å². The number of alkyl halides is 2. The maximum atomic E-state index is 14.2. The Kier molecular flexibility index (Phi) is 3.62. The Morgan fingerprint density at radius 1 is 1.39 bits per heavy atom. The van der Waals surface area contributed by atoms with E-state index in [1.165, 1.54) is 13.2 Å². The van der Waals surface area contributed by atoms with E-state index in [4.69, 9.17) is 9.47 Å². The van der Waals surface area contributed by atoms with Gasteiger partial charge in [-0.3, -0.25) is 0 Å². The Labute approximate surface area is 108 Å². The molecule has 1 aromatic carbocycles. The third-order valence-electron chi connectivity index (χ3n) is 3.08. The molecule has 0 spiro atoms. The lowest BCUT2D eigenvalue weighted by atomic mass is 10.1.